The van der Waals surface area contributed by atoms with Gasteiger partial charge >= 0.3 is 0 Å². The van der Waals surface area contributed by atoms with Crippen LogP contribution in [0.2, 0.25) is 0 Å². The van der Waals surface area contributed by atoms with Crippen molar-refractivity contribution in [3.8, 4) is 6.07 Å². The maximum absolute atomic E-state index is 9.08. The predicted octanol–water partition coefficient (Wildman–Crippen LogP) is 3.83. The lowest BCUT2D eigenvalue weighted by Crippen LogP contribution is -2.07. The third-order valence-electron chi connectivity index (χ3n) is 3.27. The summed E-state index contributed by atoms with van der Waals surface area (Å²) in [7, 11) is 0. The lowest BCUT2D eigenvalue weighted by Gasteiger charge is -2.10. The van der Waals surface area contributed by atoms with E-state index in [2.05, 4.69) is 42.6 Å². The molecular formula is C17H18N2. The maximum Gasteiger partial charge on any atom is 0.101 e. The van der Waals surface area contributed by atoms with Gasteiger partial charge < -0.3 is 5.32 Å². The smallest absolute Gasteiger partial charge is 0.101 e. The number of nitrogens with one attached hydrogen (secondary N) is 1. The van der Waals surface area contributed by atoms with E-state index in [1.807, 2.05) is 25.1 Å². The lowest BCUT2D eigenvalue weighted by atomic mass is 10.1. The summed E-state index contributed by atoms with van der Waals surface area (Å²) in [5.41, 5.74) is 5.46. The minimum absolute atomic E-state index is 0.704. The Balaban J connectivity index is 2.02. The second-order valence-corrected chi connectivity index (χ2v) is 4.76. The first-order chi connectivity index (χ1) is 9.20. The first kappa shape index (κ1) is 13.2. The topological polar surface area (TPSA) is 35.8 Å². The Morgan fingerprint density at radius 3 is 2.63 bits per heavy atom. The van der Waals surface area contributed by atoms with Gasteiger partial charge in [0.05, 0.1) is 11.3 Å². The van der Waals surface area contributed by atoms with Gasteiger partial charge in [-0.15, -0.1) is 0 Å². The van der Waals surface area contributed by atoms with Crippen LogP contribution < -0.4 is 5.32 Å². The summed E-state index contributed by atoms with van der Waals surface area (Å²) in [6, 6.07) is 16.5. The fourth-order valence-corrected chi connectivity index (χ4v) is 2.12. The molecule has 0 unspecified atom stereocenters. The molecule has 0 radical (unpaired) electrons. The minimum atomic E-state index is 0.704. The zero-order valence-corrected chi connectivity index (χ0v) is 11.4. The summed E-state index contributed by atoms with van der Waals surface area (Å²) >= 11 is 0. The number of anilines is 1. The molecule has 0 aliphatic heterocycles. The van der Waals surface area contributed by atoms with Crippen LogP contribution in [0.1, 0.15) is 22.3 Å². The molecule has 96 valence electrons. The Hall–Kier alpha value is -2.27. The molecule has 19 heavy (non-hydrogen) atoms. The molecule has 0 saturated heterocycles. The molecule has 2 aromatic carbocycles. The van der Waals surface area contributed by atoms with Gasteiger partial charge in [0.1, 0.15) is 6.07 Å². The van der Waals surface area contributed by atoms with E-state index >= 15 is 0 Å². The van der Waals surface area contributed by atoms with Crippen LogP contribution in [-0.4, -0.2) is 6.54 Å². The molecule has 0 aliphatic carbocycles. The third-order valence-corrected chi connectivity index (χ3v) is 3.27. The Bertz CT molecular complexity index is 609. The van der Waals surface area contributed by atoms with Crippen LogP contribution in [-0.2, 0) is 6.42 Å². The highest BCUT2D eigenvalue weighted by Crippen LogP contribution is 2.17. The molecule has 2 aromatic rings. The van der Waals surface area contributed by atoms with Gasteiger partial charge in [0.25, 0.3) is 0 Å². The van der Waals surface area contributed by atoms with Crippen molar-refractivity contribution in [2.24, 2.45) is 0 Å². The first-order valence-corrected chi connectivity index (χ1v) is 6.50. The Morgan fingerprint density at radius 1 is 1.11 bits per heavy atom. The molecule has 0 heterocycles. The maximum atomic E-state index is 9.08. The molecule has 1 N–H and O–H groups in total. The summed E-state index contributed by atoms with van der Waals surface area (Å²) in [6.45, 7) is 5.00. The predicted molar refractivity (Wildman–Crippen MR) is 79.3 cm³/mol. The molecule has 0 saturated carbocycles. The van der Waals surface area contributed by atoms with Crippen molar-refractivity contribution in [1.29, 1.82) is 5.26 Å². The van der Waals surface area contributed by atoms with Crippen molar-refractivity contribution in [3.05, 3.63) is 64.7 Å². The zero-order valence-electron chi connectivity index (χ0n) is 11.4. The van der Waals surface area contributed by atoms with Crippen molar-refractivity contribution < 1.29 is 0 Å². The standard InChI is InChI=1S/C17H18N2/c1-13-7-8-16(12-18)17(11-13)19-10-9-15-6-4-3-5-14(15)2/h3-8,11,19H,9-10H2,1-2H3. The van der Waals surface area contributed by atoms with E-state index in [1.165, 1.54) is 11.1 Å². The number of benzene rings is 2. The van der Waals surface area contributed by atoms with Gasteiger partial charge in [-0.05, 0) is 49.1 Å². The average Bonchev–Trinajstić information content (AvgIpc) is 2.41. The van der Waals surface area contributed by atoms with Gasteiger partial charge in [-0.3, -0.25) is 0 Å². The largest absolute Gasteiger partial charge is 0.384 e. The SMILES string of the molecule is Cc1ccc(C#N)c(NCCc2ccccc2C)c1. The van der Waals surface area contributed by atoms with Crippen molar-refractivity contribution in [3.63, 3.8) is 0 Å². The molecule has 2 nitrogen and oxygen atoms in total. The summed E-state index contributed by atoms with van der Waals surface area (Å²) < 4.78 is 0. The molecule has 0 spiro atoms. The van der Waals surface area contributed by atoms with Gasteiger partial charge in [-0.2, -0.15) is 5.26 Å². The van der Waals surface area contributed by atoms with E-state index in [1.54, 1.807) is 0 Å². The van der Waals surface area contributed by atoms with Gasteiger partial charge in [-0.25, -0.2) is 0 Å². The average molecular weight is 250 g/mol. The second kappa shape index (κ2) is 6.06. The molecule has 0 aromatic heterocycles. The molecule has 2 heteroatoms. The van der Waals surface area contributed by atoms with E-state index in [4.69, 9.17) is 5.26 Å². The summed E-state index contributed by atoms with van der Waals surface area (Å²) in [5, 5.41) is 12.4. The Morgan fingerprint density at radius 2 is 1.89 bits per heavy atom. The minimum Gasteiger partial charge on any atom is -0.384 e. The van der Waals surface area contributed by atoms with Crippen molar-refractivity contribution >= 4 is 5.69 Å². The number of nitriles is 1. The fourth-order valence-electron chi connectivity index (χ4n) is 2.12. The first-order valence-electron chi connectivity index (χ1n) is 6.50. The monoisotopic (exact) mass is 250 g/mol. The van der Waals surface area contributed by atoms with Crippen molar-refractivity contribution in [2.75, 3.05) is 11.9 Å². The Kier molecular flexibility index (Phi) is 4.20. The molecule has 2 rings (SSSR count). The highest BCUT2D eigenvalue weighted by molar-refractivity contribution is 5.58. The van der Waals surface area contributed by atoms with Crippen molar-refractivity contribution in [1.82, 2.24) is 0 Å². The summed E-state index contributed by atoms with van der Waals surface area (Å²) in [4.78, 5) is 0. The number of hydrogen-bond acceptors (Lipinski definition) is 2. The van der Waals surface area contributed by atoms with Crippen LogP contribution in [0.5, 0.6) is 0 Å². The van der Waals surface area contributed by atoms with Gasteiger partial charge in [-0.1, -0.05) is 30.3 Å². The van der Waals surface area contributed by atoms with E-state index in [0.717, 1.165) is 24.2 Å². The fraction of sp³-hybridized carbons (Fsp3) is 0.235. The normalized spacial score (nSPS) is 9.95. The molecule has 0 atom stereocenters. The van der Waals surface area contributed by atoms with Crippen LogP contribution in [0.4, 0.5) is 5.69 Å². The number of rotatable bonds is 4. The summed E-state index contributed by atoms with van der Waals surface area (Å²) in [5.74, 6) is 0. The van der Waals surface area contributed by atoms with Crippen LogP contribution in [0.3, 0.4) is 0 Å². The van der Waals surface area contributed by atoms with E-state index in [0.29, 0.717) is 5.56 Å². The van der Waals surface area contributed by atoms with Crippen LogP contribution >= 0.6 is 0 Å². The second-order valence-electron chi connectivity index (χ2n) is 4.76. The number of nitrogens with zero attached hydrogens (tertiary/aromatic N) is 1. The highest BCUT2D eigenvalue weighted by atomic mass is 14.9. The summed E-state index contributed by atoms with van der Waals surface area (Å²) in [6.07, 6.45) is 0.964. The van der Waals surface area contributed by atoms with E-state index in [9.17, 15) is 0 Å². The van der Waals surface area contributed by atoms with E-state index < -0.39 is 0 Å². The molecule has 0 fully saturated rings. The number of hydrogen-bond donors (Lipinski definition) is 1. The van der Waals surface area contributed by atoms with Crippen molar-refractivity contribution in [2.45, 2.75) is 20.3 Å². The van der Waals surface area contributed by atoms with Crippen LogP contribution in [0.15, 0.2) is 42.5 Å². The van der Waals surface area contributed by atoms with Crippen LogP contribution in [0, 0.1) is 25.2 Å². The molecule has 0 aliphatic rings. The lowest BCUT2D eigenvalue weighted by molar-refractivity contribution is 1.00. The third kappa shape index (κ3) is 3.35. The Labute approximate surface area is 114 Å². The van der Waals surface area contributed by atoms with Gasteiger partial charge in [0, 0.05) is 6.54 Å². The van der Waals surface area contributed by atoms with Gasteiger partial charge in [0.15, 0.2) is 0 Å². The quantitative estimate of drug-likeness (QED) is 0.895. The molecule has 0 bridgehead atoms. The molecular weight excluding hydrogens is 232 g/mol. The van der Waals surface area contributed by atoms with Gasteiger partial charge in [0.2, 0.25) is 0 Å². The number of aryl methyl sites for hydroxylation is 2. The van der Waals surface area contributed by atoms with E-state index in [-0.39, 0.29) is 0 Å². The highest BCUT2D eigenvalue weighted by Gasteiger charge is 2.02. The van der Waals surface area contributed by atoms with Crippen LogP contribution in [0.25, 0.3) is 0 Å². The zero-order chi connectivity index (χ0) is 13.7. The molecule has 0 amide bonds.